The lowest BCUT2D eigenvalue weighted by molar-refractivity contribution is 0.102. The van der Waals surface area contributed by atoms with Crippen molar-refractivity contribution in [2.45, 2.75) is 26.2 Å². The van der Waals surface area contributed by atoms with E-state index in [1.54, 1.807) is 36.4 Å². The molecular formula is C18H19Cl2NO2. The van der Waals surface area contributed by atoms with E-state index in [-0.39, 0.29) is 5.91 Å². The minimum atomic E-state index is -0.278. The van der Waals surface area contributed by atoms with Gasteiger partial charge in [-0.15, -0.1) is 0 Å². The molecule has 122 valence electrons. The number of anilines is 1. The molecule has 0 fully saturated rings. The smallest absolute Gasteiger partial charge is 0.259 e. The van der Waals surface area contributed by atoms with Gasteiger partial charge in [0.1, 0.15) is 5.75 Å². The van der Waals surface area contributed by atoms with Gasteiger partial charge in [-0.2, -0.15) is 0 Å². The van der Waals surface area contributed by atoms with Crippen LogP contribution in [0.5, 0.6) is 5.75 Å². The number of para-hydroxylation sites is 1. The van der Waals surface area contributed by atoms with E-state index in [2.05, 4.69) is 12.2 Å². The lowest BCUT2D eigenvalue weighted by atomic mass is 10.1. The maximum absolute atomic E-state index is 12.5. The molecular weight excluding hydrogens is 333 g/mol. The second kappa shape index (κ2) is 8.80. The standard InChI is InChI=1S/C18H19Cl2NO2/c1-2-3-6-11-23-17-8-5-4-7-14(17)18(22)21-16-12-13(19)9-10-15(16)20/h4-5,7-10,12H,2-3,6,11H2,1H3,(H,21,22). The summed E-state index contributed by atoms with van der Waals surface area (Å²) >= 11 is 12.0. The fourth-order valence-electron chi connectivity index (χ4n) is 2.10. The Labute approximate surface area is 146 Å². The first kappa shape index (κ1) is 17.6. The van der Waals surface area contributed by atoms with Crippen LogP contribution in [0.3, 0.4) is 0 Å². The molecule has 0 aliphatic carbocycles. The molecule has 23 heavy (non-hydrogen) atoms. The summed E-state index contributed by atoms with van der Waals surface area (Å²) in [6, 6.07) is 12.1. The fraction of sp³-hybridized carbons (Fsp3) is 0.278. The zero-order chi connectivity index (χ0) is 16.7. The number of carbonyl (C=O) groups is 1. The first-order valence-corrected chi connectivity index (χ1v) is 8.35. The van der Waals surface area contributed by atoms with Crippen LogP contribution < -0.4 is 10.1 Å². The minimum Gasteiger partial charge on any atom is -0.493 e. The highest BCUT2D eigenvalue weighted by Crippen LogP contribution is 2.27. The molecule has 0 unspecified atom stereocenters. The molecule has 5 heteroatoms. The molecule has 0 saturated heterocycles. The summed E-state index contributed by atoms with van der Waals surface area (Å²) in [6.07, 6.45) is 3.19. The molecule has 2 aromatic rings. The van der Waals surface area contributed by atoms with E-state index in [4.69, 9.17) is 27.9 Å². The summed E-state index contributed by atoms with van der Waals surface area (Å²) in [5.74, 6) is 0.291. The van der Waals surface area contributed by atoms with E-state index >= 15 is 0 Å². The van der Waals surface area contributed by atoms with Crippen LogP contribution in [0.15, 0.2) is 42.5 Å². The summed E-state index contributed by atoms with van der Waals surface area (Å²) in [7, 11) is 0. The van der Waals surface area contributed by atoms with E-state index in [0.29, 0.717) is 33.7 Å². The van der Waals surface area contributed by atoms with Crippen molar-refractivity contribution in [3.63, 3.8) is 0 Å². The number of nitrogens with one attached hydrogen (secondary N) is 1. The molecule has 2 rings (SSSR count). The van der Waals surface area contributed by atoms with Crippen molar-refractivity contribution >= 4 is 34.8 Å². The Morgan fingerprint density at radius 1 is 1.13 bits per heavy atom. The molecule has 3 nitrogen and oxygen atoms in total. The Kier molecular flexibility index (Phi) is 6.75. The summed E-state index contributed by atoms with van der Waals surface area (Å²) in [5.41, 5.74) is 0.949. The number of hydrogen-bond acceptors (Lipinski definition) is 2. The van der Waals surface area contributed by atoms with Crippen molar-refractivity contribution < 1.29 is 9.53 Å². The monoisotopic (exact) mass is 351 g/mol. The third-order valence-electron chi connectivity index (χ3n) is 3.31. The van der Waals surface area contributed by atoms with Gasteiger partial charge in [-0.05, 0) is 36.8 Å². The number of unbranched alkanes of at least 4 members (excludes halogenated alkanes) is 2. The third kappa shape index (κ3) is 5.15. The van der Waals surface area contributed by atoms with E-state index in [1.807, 2.05) is 6.07 Å². The average Bonchev–Trinajstić information content (AvgIpc) is 2.55. The van der Waals surface area contributed by atoms with Crippen LogP contribution in [0.1, 0.15) is 36.5 Å². The number of ether oxygens (including phenoxy) is 1. The maximum atomic E-state index is 12.5. The first-order chi connectivity index (χ1) is 11.1. The van der Waals surface area contributed by atoms with Gasteiger partial charge in [0.2, 0.25) is 0 Å². The molecule has 0 heterocycles. The predicted molar refractivity (Wildman–Crippen MR) is 95.9 cm³/mol. The van der Waals surface area contributed by atoms with Gasteiger partial charge in [0.05, 0.1) is 22.9 Å². The van der Waals surface area contributed by atoms with Crippen molar-refractivity contribution in [2.75, 3.05) is 11.9 Å². The Bertz CT molecular complexity index is 674. The van der Waals surface area contributed by atoms with Gasteiger partial charge in [-0.1, -0.05) is 55.1 Å². The summed E-state index contributed by atoms with van der Waals surface area (Å²) in [5, 5.41) is 3.72. The van der Waals surface area contributed by atoms with Crippen LogP contribution >= 0.6 is 23.2 Å². The second-order valence-electron chi connectivity index (χ2n) is 5.13. The molecule has 2 aromatic carbocycles. The number of halogens is 2. The molecule has 0 aliphatic heterocycles. The lowest BCUT2D eigenvalue weighted by Crippen LogP contribution is -2.14. The fourth-order valence-corrected chi connectivity index (χ4v) is 2.43. The van der Waals surface area contributed by atoms with Crippen LogP contribution in [-0.4, -0.2) is 12.5 Å². The summed E-state index contributed by atoms with van der Waals surface area (Å²) < 4.78 is 5.73. The minimum absolute atomic E-state index is 0.278. The number of benzene rings is 2. The number of amides is 1. The van der Waals surface area contributed by atoms with E-state index in [1.165, 1.54) is 0 Å². The molecule has 1 amide bonds. The van der Waals surface area contributed by atoms with Gasteiger partial charge in [0.25, 0.3) is 5.91 Å². The average molecular weight is 352 g/mol. The number of carbonyl (C=O) groups excluding carboxylic acids is 1. The Morgan fingerprint density at radius 2 is 1.91 bits per heavy atom. The van der Waals surface area contributed by atoms with E-state index < -0.39 is 0 Å². The van der Waals surface area contributed by atoms with Crippen molar-refractivity contribution in [3.05, 3.63) is 58.1 Å². The normalized spacial score (nSPS) is 10.4. The van der Waals surface area contributed by atoms with Gasteiger partial charge in [-0.25, -0.2) is 0 Å². The zero-order valence-electron chi connectivity index (χ0n) is 12.9. The lowest BCUT2D eigenvalue weighted by Gasteiger charge is -2.12. The molecule has 0 radical (unpaired) electrons. The molecule has 0 aromatic heterocycles. The van der Waals surface area contributed by atoms with Crippen molar-refractivity contribution in [3.8, 4) is 5.75 Å². The van der Waals surface area contributed by atoms with Gasteiger partial charge in [-0.3, -0.25) is 4.79 Å². The van der Waals surface area contributed by atoms with Crippen molar-refractivity contribution in [2.24, 2.45) is 0 Å². The van der Waals surface area contributed by atoms with E-state index in [0.717, 1.165) is 19.3 Å². The Morgan fingerprint density at radius 3 is 2.70 bits per heavy atom. The Hall–Kier alpha value is -1.71. The highest BCUT2D eigenvalue weighted by Gasteiger charge is 2.14. The molecule has 0 atom stereocenters. The van der Waals surface area contributed by atoms with Gasteiger partial charge >= 0.3 is 0 Å². The SMILES string of the molecule is CCCCCOc1ccccc1C(=O)Nc1cc(Cl)ccc1Cl. The summed E-state index contributed by atoms with van der Waals surface area (Å²) in [6.45, 7) is 2.73. The van der Waals surface area contributed by atoms with Gasteiger partial charge < -0.3 is 10.1 Å². The third-order valence-corrected chi connectivity index (χ3v) is 3.88. The van der Waals surface area contributed by atoms with Crippen LogP contribution in [0.25, 0.3) is 0 Å². The molecule has 0 aliphatic rings. The van der Waals surface area contributed by atoms with Gasteiger partial charge in [0.15, 0.2) is 0 Å². The van der Waals surface area contributed by atoms with Crippen LogP contribution in [0.2, 0.25) is 10.0 Å². The highest BCUT2D eigenvalue weighted by atomic mass is 35.5. The predicted octanol–water partition coefficient (Wildman–Crippen LogP) is 5.81. The highest BCUT2D eigenvalue weighted by molar-refractivity contribution is 6.35. The molecule has 1 N–H and O–H groups in total. The zero-order valence-corrected chi connectivity index (χ0v) is 14.5. The van der Waals surface area contributed by atoms with Crippen molar-refractivity contribution in [1.82, 2.24) is 0 Å². The molecule has 0 saturated carbocycles. The van der Waals surface area contributed by atoms with Crippen LogP contribution in [-0.2, 0) is 0 Å². The molecule has 0 bridgehead atoms. The van der Waals surface area contributed by atoms with E-state index in [9.17, 15) is 4.79 Å². The van der Waals surface area contributed by atoms with Crippen LogP contribution in [0, 0.1) is 0 Å². The topological polar surface area (TPSA) is 38.3 Å². The Balaban J connectivity index is 2.11. The quantitative estimate of drug-likeness (QED) is 0.638. The number of hydrogen-bond donors (Lipinski definition) is 1. The largest absolute Gasteiger partial charge is 0.493 e. The second-order valence-corrected chi connectivity index (χ2v) is 5.97. The van der Waals surface area contributed by atoms with Gasteiger partial charge in [0, 0.05) is 5.02 Å². The first-order valence-electron chi connectivity index (χ1n) is 7.60. The maximum Gasteiger partial charge on any atom is 0.259 e. The van der Waals surface area contributed by atoms with Crippen LogP contribution in [0.4, 0.5) is 5.69 Å². The summed E-state index contributed by atoms with van der Waals surface area (Å²) in [4.78, 5) is 12.5. The number of rotatable bonds is 7. The molecule has 0 spiro atoms. The van der Waals surface area contributed by atoms with Crippen molar-refractivity contribution in [1.29, 1.82) is 0 Å².